The first-order valence-corrected chi connectivity index (χ1v) is 5.63. The van der Waals surface area contributed by atoms with Gasteiger partial charge in [0.25, 0.3) is 0 Å². The van der Waals surface area contributed by atoms with E-state index in [4.69, 9.17) is 11.5 Å². The molecule has 1 heterocycles. The lowest BCUT2D eigenvalue weighted by Crippen LogP contribution is -2.21. The van der Waals surface area contributed by atoms with Gasteiger partial charge in [-0.1, -0.05) is 28.1 Å². The first-order valence-electron chi connectivity index (χ1n) is 4.83. The van der Waals surface area contributed by atoms with Gasteiger partial charge >= 0.3 is 0 Å². The molecule has 0 aliphatic carbocycles. The van der Waals surface area contributed by atoms with Crippen molar-refractivity contribution >= 4 is 39.0 Å². The third kappa shape index (κ3) is 2.59. The van der Waals surface area contributed by atoms with E-state index in [-0.39, 0.29) is 5.96 Å². The van der Waals surface area contributed by atoms with Crippen molar-refractivity contribution in [3.05, 3.63) is 40.5 Å². The van der Waals surface area contributed by atoms with Crippen LogP contribution in [0.25, 0.3) is 10.9 Å². The van der Waals surface area contributed by atoms with Gasteiger partial charge in [0.1, 0.15) is 0 Å². The van der Waals surface area contributed by atoms with Crippen LogP contribution in [0.1, 0.15) is 5.56 Å². The van der Waals surface area contributed by atoms with Gasteiger partial charge in [0, 0.05) is 21.6 Å². The molecule has 0 aliphatic heterocycles. The van der Waals surface area contributed by atoms with E-state index in [1.165, 1.54) is 0 Å². The molecule has 1 aromatic carbocycles. The molecule has 0 aliphatic rings. The van der Waals surface area contributed by atoms with Crippen LogP contribution in [0.15, 0.2) is 45.1 Å². The number of hydrogen-bond acceptors (Lipinski definition) is 3. The standard InChI is InChI=1S/C11H10BrN5/c12-9-4-3-7(6-16-17-11(13)14)10-8(9)2-1-5-15-10/h1-6H,(H4,13,14,17)/b16-6+. The van der Waals surface area contributed by atoms with E-state index in [1.54, 1.807) is 12.4 Å². The van der Waals surface area contributed by atoms with Crippen LogP contribution in [0.3, 0.4) is 0 Å². The zero-order valence-electron chi connectivity index (χ0n) is 8.84. The van der Waals surface area contributed by atoms with Gasteiger partial charge < -0.3 is 11.5 Å². The van der Waals surface area contributed by atoms with Crippen molar-refractivity contribution < 1.29 is 0 Å². The molecule has 2 aromatic rings. The lowest BCUT2D eigenvalue weighted by molar-refractivity contribution is 1.21. The number of guanidine groups is 1. The zero-order valence-corrected chi connectivity index (χ0v) is 10.4. The van der Waals surface area contributed by atoms with Gasteiger partial charge in [0.2, 0.25) is 5.96 Å². The molecule has 0 saturated carbocycles. The number of nitrogens with two attached hydrogens (primary N) is 2. The third-order valence-corrected chi connectivity index (χ3v) is 2.81. The highest BCUT2D eigenvalue weighted by atomic mass is 79.9. The molecule has 2 rings (SSSR count). The molecular formula is C11H10BrN5. The number of rotatable bonds is 2. The topological polar surface area (TPSA) is 89.7 Å². The minimum Gasteiger partial charge on any atom is -0.369 e. The Balaban J connectivity index is 2.52. The maximum atomic E-state index is 5.18. The van der Waals surface area contributed by atoms with Crippen LogP contribution < -0.4 is 11.5 Å². The Hall–Kier alpha value is -1.95. The molecule has 6 heteroatoms. The van der Waals surface area contributed by atoms with Crippen LogP contribution in [0.5, 0.6) is 0 Å². The number of pyridine rings is 1. The van der Waals surface area contributed by atoms with Gasteiger partial charge in [-0.3, -0.25) is 4.98 Å². The highest BCUT2D eigenvalue weighted by Crippen LogP contribution is 2.24. The molecule has 5 nitrogen and oxygen atoms in total. The summed E-state index contributed by atoms with van der Waals surface area (Å²) in [5, 5.41) is 8.34. The lowest BCUT2D eigenvalue weighted by atomic mass is 10.1. The lowest BCUT2D eigenvalue weighted by Gasteiger charge is -2.02. The fourth-order valence-corrected chi connectivity index (χ4v) is 1.87. The second kappa shape index (κ2) is 4.92. The van der Waals surface area contributed by atoms with Crippen molar-refractivity contribution in [3.8, 4) is 0 Å². The molecule has 0 saturated heterocycles. The molecule has 0 radical (unpaired) electrons. The second-order valence-corrected chi connectivity index (χ2v) is 4.16. The summed E-state index contributed by atoms with van der Waals surface area (Å²) in [5.74, 6) is -0.0735. The van der Waals surface area contributed by atoms with Crippen molar-refractivity contribution in [1.29, 1.82) is 0 Å². The fraction of sp³-hybridized carbons (Fsp3) is 0. The average molecular weight is 292 g/mol. The third-order valence-electron chi connectivity index (χ3n) is 2.12. The van der Waals surface area contributed by atoms with Crippen molar-refractivity contribution in [2.24, 2.45) is 21.7 Å². The predicted molar refractivity (Wildman–Crippen MR) is 72.8 cm³/mol. The summed E-state index contributed by atoms with van der Waals surface area (Å²) in [5.41, 5.74) is 12.1. The smallest absolute Gasteiger partial charge is 0.211 e. The van der Waals surface area contributed by atoms with E-state index in [1.807, 2.05) is 24.3 Å². The molecule has 0 atom stereocenters. The quantitative estimate of drug-likeness (QED) is 0.500. The Labute approximate surface area is 106 Å². The van der Waals surface area contributed by atoms with E-state index in [9.17, 15) is 0 Å². The number of fused-ring (bicyclic) bond motifs is 1. The van der Waals surface area contributed by atoms with Crippen LogP contribution in [0.4, 0.5) is 0 Å². The van der Waals surface area contributed by atoms with Crippen molar-refractivity contribution in [3.63, 3.8) is 0 Å². The summed E-state index contributed by atoms with van der Waals surface area (Å²) in [6, 6.07) is 7.68. The minimum atomic E-state index is -0.0735. The maximum Gasteiger partial charge on any atom is 0.211 e. The van der Waals surface area contributed by atoms with Gasteiger partial charge in [-0.25, -0.2) is 0 Å². The number of nitrogens with zero attached hydrogens (tertiary/aromatic N) is 3. The van der Waals surface area contributed by atoms with E-state index in [0.717, 1.165) is 20.9 Å². The Morgan fingerprint density at radius 1 is 1.29 bits per heavy atom. The maximum absolute atomic E-state index is 5.18. The molecule has 0 unspecified atom stereocenters. The van der Waals surface area contributed by atoms with Gasteiger partial charge in [-0.2, -0.15) is 5.10 Å². The van der Waals surface area contributed by atoms with Crippen LogP contribution in [-0.2, 0) is 0 Å². The highest BCUT2D eigenvalue weighted by Gasteiger charge is 2.02. The molecule has 0 spiro atoms. The van der Waals surface area contributed by atoms with E-state index in [2.05, 4.69) is 31.1 Å². The summed E-state index contributed by atoms with van der Waals surface area (Å²) < 4.78 is 0.986. The zero-order chi connectivity index (χ0) is 12.3. The van der Waals surface area contributed by atoms with Crippen LogP contribution in [-0.4, -0.2) is 17.2 Å². The Bertz CT molecular complexity index is 602. The van der Waals surface area contributed by atoms with E-state index in [0.29, 0.717) is 0 Å². The van der Waals surface area contributed by atoms with Crippen molar-refractivity contribution in [2.75, 3.05) is 0 Å². The van der Waals surface area contributed by atoms with Crippen molar-refractivity contribution in [2.45, 2.75) is 0 Å². The molecule has 4 N–H and O–H groups in total. The molecule has 86 valence electrons. The number of hydrogen-bond donors (Lipinski definition) is 2. The fourth-order valence-electron chi connectivity index (χ4n) is 1.42. The normalized spacial score (nSPS) is 10.9. The monoisotopic (exact) mass is 291 g/mol. The van der Waals surface area contributed by atoms with Crippen LogP contribution in [0.2, 0.25) is 0 Å². The van der Waals surface area contributed by atoms with Gasteiger partial charge in [0.05, 0.1) is 11.7 Å². The molecule has 17 heavy (non-hydrogen) atoms. The summed E-state index contributed by atoms with van der Waals surface area (Å²) in [7, 11) is 0. The van der Waals surface area contributed by atoms with E-state index >= 15 is 0 Å². The second-order valence-electron chi connectivity index (χ2n) is 3.31. The molecule has 0 fully saturated rings. The van der Waals surface area contributed by atoms with Gasteiger partial charge in [-0.15, -0.1) is 5.10 Å². The number of benzene rings is 1. The largest absolute Gasteiger partial charge is 0.369 e. The summed E-state index contributed by atoms with van der Waals surface area (Å²) in [6.45, 7) is 0. The summed E-state index contributed by atoms with van der Waals surface area (Å²) >= 11 is 3.47. The first-order chi connectivity index (χ1) is 8.18. The number of aromatic nitrogens is 1. The molecule has 0 bridgehead atoms. The van der Waals surface area contributed by atoms with Crippen LogP contribution in [0, 0.1) is 0 Å². The minimum absolute atomic E-state index is 0.0735. The molecule has 1 aromatic heterocycles. The van der Waals surface area contributed by atoms with Crippen molar-refractivity contribution in [1.82, 2.24) is 4.98 Å². The summed E-state index contributed by atoms with van der Waals surface area (Å²) in [4.78, 5) is 4.31. The van der Waals surface area contributed by atoms with Gasteiger partial charge in [-0.05, 0) is 12.1 Å². The number of halogens is 1. The Morgan fingerprint density at radius 2 is 2.12 bits per heavy atom. The Morgan fingerprint density at radius 3 is 2.88 bits per heavy atom. The average Bonchev–Trinajstić information content (AvgIpc) is 2.32. The first kappa shape index (κ1) is 11.5. The highest BCUT2D eigenvalue weighted by molar-refractivity contribution is 9.10. The SMILES string of the molecule is NC(N)=N/N=C/c1ccc(Br)c2cccnc12. The molecule has 0 amide bonds. The van der Waals surface area contributed by atoms with Gasteiger partial charge in [0.15, 0.2) is 0 Å². The van der Waals surface area contributed by atoms with E-state index < -0.39 is 0 Å². The van der Waals surface area contributed by atoms with Crippen LogP contribution >= 0.6 is 15.9 Å². The Kier molecular flexibility index (Phi) is 3.34. The summed E-state index contributed by atoms with van der Waals surface area (Å²) in [6.07, 6.45) is 3.30. The predicted octanol–water partition coefficient (Wildman–Crippen LogP) is 1.60. The molecular weight excluding hydrogens is 282 g/mol.